The first-order chi connectivity index (χ1) is 6.61. The molecular formula is C9H6ClNO3. The Morgan fingerprint density at radius 1 is 1.36 bits per heavy atom. The van der Waals surface area contributed by atoms with E-state index in [2.05, 4.69) is 4.42 Å². The van der Waals surface area contributed by atoms with Crippen molar-refractivity contribution >= 4 is 22.5 Å². The highest BCUT2D eigenvalue weighted by Gasteiger charge is 2.08. The van der Waals surface area contributed by atoms with E-state index in [9.17, 15) is 9.59 Å². The van der Waals surface area contributed by atoms with Crippen molar-refractivity contribution in [3.63, 3.8) is 0 Å². The van der Waals surface area contributed by atoms with Crippen molar-refractivity contribution in [2.24, 2.45) is 7.05 Å². The van der Waals surface area contributed by atoms with Crippen molar-refractivity contribution in [1.29, 1.82) is 0 Å². The van der Waals surface area contributed by atoms with Gasteiger partial charge in [0.2, 0.25) is 0 Å². The fourth-order valence-electron chi connectivity index (χ4n) is 1.31. The lowest BCUT2D eigenvalue weighted by Crippen LogP contribution is -2.22. The van der Waals surface area contributed by atoms with Crippen LogP contribution in [0.4, 0.5) is 0 Å². The fraction of sp³-hybridized carbons (Fsp3) is 0.111. The Kier molecular flexibility index (Phi) is 1.93. The zero-order valence-corrected chi connectivity index (χ0v) is 8.04. The van der Waals surface area contributed by atoms with E-state index in [1.807, 2.05) is 0 Å². The Balaban J connectivity index is 3.19. The molecule has 0 radical (unpaired) electrons. The van der Waals surface area contributed by atoms with Crippen LogP contribution in [0.1, 0.15) is 0 Å². The maximum Gasteiger partial charge on any atom is 0.422 e. The quantitative estimate of drug-likeness (QED) is 0.657. The molecule has 0 amide bonds. The second-order valence-electron chi connectivity index (χ2n) is 2.85. The number of aryl methyl sites for hydroxylation is 1. The number of aromatic nitrogens is 1. The minimum Gasteiger partial charge on any atom is -0.372 e. The Hall–Kier alpha value is -1.55. The molecule has 0 N–H and O–H groups in total. The van der Waals surface area contributed by atoms with E-state index in [1.165, 1.54) is 11.6 Å². The number of rotatable bonds is 0. The molecule has 1 aromatic heterocycles. The van der Waals surface area contributed by atoms with Gasteiger partial charge in [-0.15, -0.1) is 0 Å². The van der Waals surface area contributed by atoms with Crippen LogP contribution in [0.25, 0.3) is 10.9 Å². The van der Waals surface area contributed by atoms with E-state index in [0.717, 1.165) is 0 Å². The van der Waals surface area contributed by atoms with Crippen molar-refractivity contribution in [2.45, 2.75) is 0 Å². The van der Waals surface area contributed by atoms with Crippen LogP contribution >= 0.6 is 11.6 Å². The molecule has 0 spiro atoms. The summed E-state index contributed by atoms with van der Waals surface area (Å²) in [5.41, 5.74) is -0.263. The average molecular weight is 212 g/mol. The Labute approximate surface area is 83.3 Å². The molecule has 72 valence electrons. The Morgan fingerprint density at radius 2 is 2.07 bits per heavy atom. The van der Waals surface area contributed by atoms with E-state index in [0.29, 0.717) is 15.9 Å². The van der Waals surface area contributed by atoms with Crippen LogP contribution in [0.3, 0.4) is 0 Å². The lowest BCUT2D eigenvalue weighted by Gasteiger charge is -2.02. The Bertz CT molecular complexity index is 611. The summed E-state index contributed by atoms with van der Waals surface area (Å²) in [6, 6.07) is 4.81. The molecule has 1 heterocycles. The van der Waals surface area contributed by atoms with Gasteiger partial charge in [0.25, 0.3) is 0 Å². The van der Waals surface area contributed by atoms with Crippen LogP contribution in [0.5, 0.6) is 0 Å². The molecule has 0 fully saturated rings. The number of para-hydroxylation sites is 1. The van der Waals surface area contributed by atoms with Crippen LogP contribution < -0.4 is 11.4 Å². The molecule has 4 nitrogen and oxygen atoms in total. The maximum absolute atomic E-state index is 11.3. The molecule has 0 aliphatic rings. The van der Waals surface area contributed by atoms with Crippen LogP contribution in [0.2, 0.25) is 5.02 Å². The molecule has 0 saturated heterocycles. The van der Waals surface area contributed by atoms with Crippen molar-refractivity contribution in [1.82, 2.24) is 4.57 Å². The summed E-state index contributed by atoms with van der Waals surface area (Å²) >= 11 is 5.87. The number of fused-ring (bicyclic) bond motifs is 1. The van der Waals surface area contributed by atoms with Crippen molar-refractivity contribution < 1.29 is 4.42 Å². The third kappa shape index (κ3) is 1.15. The molecule has 0 bridgehead atoms. The highest BCUT2D eigenvalue weighted by atomic mass is 35.5. The van der Waals surface area contributed by atoms with Crippen molar-refractivity contribution in [2.75, 3.05) is 0 Å². The smallest absolute Gasteiger partial charge is 0.372 e. The third-order valence-electron chi connectivity index (χ3n) is 2.00. The highest BCUT2D eigenvalue weighted by Crippen LogP contribution is 2.18. The molecule has 14 heavy (non-hydrogen) atoms. The zero-order chi connectivity index (χ0) is 10.3. The number of hydrogen-bond donors (Lipinski definition) is 0. The van der Waals surface area contributed by atoms with Gasteiger partial charge in [-0.3, -0.25) is 4.57 Å². The van der Waals surface area contributed by atoms with E-state index in [-0.39, 0.29) is 0 Å². The summed E-state index contributed by atoms with van der Waals surface area (Å²) in [4.78, 5) is 22.4. The molecule has 0 unspecified atom stereocenters. The fourth-order valence-corrected chi connectivity index (χ4v) is 1.62. The monoisotopic (exact) mass is 211 g/mol. The van der Waals surface area contributed by atoms with Gasteiger partial charge in [-0.05, 0) is 12.1 Å². The zero-order valence-electron chi connectivity index (χ0n) is 7.28. The molecule has 2 aromatic rings. The van der Waals surface area contributed by atoms with Gasteiger partial charge in [0.1, 0.15) is 0 Å². The molecule has 0 aliphatic carbocycles. The second-order valence-corrected chi connectivity index (χ2v) is 3.26. The summed E-state index contributed by atoms with van der Waals surface area (Å²) in [5, 5.41) is 0.662. The lowest BCUT2D eigenvalue weighted by atomic mass is 10.2. The predicted molar refractivity (Wildman–Crippen MR) is 52.7 cm³/mol. The van der Waals surface area contributed by atoms with Gasteiger partial charge in [-0.1, -0.05) is 17.7 Å². The van der Waals surface area contributed by atoms with Gasteiger partial charge in [0.05, 0.1) is 15.9 Å². The van der Waals surface area contributed by atoms with Gasteiger partial charge in [-0.25, -0.2) is 9.59 Å². The minimum atomic E-state index is -0.712. The van der Waals surface area contributed by atoms with Crippen LogP contribution in [-0.4, -0.2) is 4.57 Å². The normalized spacial score (nSPS) is 10.7. The second kappa shape index (κ2) is 2.99. The van der Waals surface area contributed by atoms with Crippen molar-refractivity contribution in [3.8, 4) is 0 Å². The third-order valence-corrected chi connectivity index (χ3v) is 2.30. The summed E-state index contributed by atoms with van der Waals surface area (Å²) in [5.74, 6) is -0.712. The lowest BCUT2D eigenvalue weighted by molar-refractivity contribution is 0.433. The van der Waals surface area contributed by atoms with Gasteiger partial charge >= 0.3 is 11.4 Å². The summed E-state index contributed by atoms with van der Waals surface area (Å²) < 4.78 is 5.68. The molecule has 2 rings (SSSR count). The number of benzene rings is 1. The first kappa shape index (κ1) is 9.02. The molecule has 0 atom stereocenters. The van der Waals surface area contributed by atoms with Gasteiger partial charge in [0.15, 0.2) is 0 Å². The van der Waals surface area contributed by atoms with E-state index >= 15 is 0 Å². The molecule has 0 aliphatic heterocycles. The maximum atomic E-state index is 11.3. The molecule has 5 heteroatoms. The first-order valence-electron chi connectivity index (χ1n) is 3.89. The van der Waals surface area contributed by atoms with E-state index in [4.69, 9.17) is 11.6 Å². The number of nitrogens with zero attached hydrogens (tertiary/aromatic N) is 1. The van der Waals surface area contributed by atoms with E-state index in [1.54, 1.807) is 18.2 Å². The largest absolute Gasteiger partial charge is 0.422 e. The van der Waals surface area contributed by atoms with Crippen molar-refractivity contribution in [3.05, 3.63) is 44.2 Å². The predicted octanol–water partition coefficient (Wildman–Crippen LogP) is 1.15. The SMILES string of the molecule is Cn1c(=O)oc(=O)c2cccc(Cl)c21. The Morgan fingerprint density at radius 3 is 2.79 bits per heavy atom. The van der Waals surface area contributed by atoms with Crippen LogP contribution in [0, 0.1) is 0 Å². The van der Waals surface area contributed by atoms with E-state index < -0.39 is 11.4 Å². The summed E-state index contributed by atoms with van der Waals surface area (Å²) in [7, 11) is 1.50. The summed E-state index contributed by atoms with van der Waals surface area (Å²) in [6.07, 6.45) is 0. The van der Waals surface area contributed by atoms with Crippen LogP contribution in [-0.2, 0) is 7.05 Å². The van der Waals surface area contributed by atoms with Gasteiger partial charge in [0, 0.05) is 7.05 Å². The minimum absolute atomic E-state index is 0.305. The molecule has 1 aromatic carbocycles. The van der Waals surface area contributed by atoms with Gasteiger partial charge in [-0.2, -0.15) is 0 Å². The first-order valence-corrected chi connectivity index (χ1v) is 4.27. The molecule has 0 saturated carbocycles. The number of halogens is 1. The average Bonchev–Trinajstić information content (AvgIpc) is 2.14. The highest BCUT2D eigenvalue weighted by molar-refractivity contribution is 6.35. The summed E-state index contributed by atoms with van der Waals surface area (Å²) in [6.45, 7) is 0. The number of hydrogen-bond acceptors (Lipinski definition) is 3. The topological polar surface area (TPSA) is 52.2 Å². The standard InChI is InChI=1S/C9H6ClNO3/c1-11-7-5(3-2-4-6(7)10)8(12)14-9(11)13/h2-4H,1H3. The van der Waals surface area contributed by atoms with Crippen LogP contribution in [0.15, 0.2) is 32.2 Å². The van der Waals surface area contributed by atoms with Gasteiger partial charge < -0.3 is 4.42 Å². The molecular weight excluding hydrogens is 206 g/mol.